The van der Waals surface area contributed by atoms with Crippen LogP contribution in [0.4, 0.5) is 17.6 Å². The molecule has 1 unspecified atom stereocenters. The summed E-state index contributed by atoms with van der Waals surface area (Å²) in [5.74, 6) is -5.50. The van der Waals surface area contributed by atoms with Gasteiger partial charge in [0.25, 0.3) is 0 Å². The molecule has 1 fully saturated rings. The van der Waals surface area contributed by atoms with E-state index in [1.54, 1.807) is 19.9 Å². The second-order valence-electron chi connectivity index (χ2n) is 10.7. The Morgan fingerprint density at radius 1 is 1.00 bits per heavy atom. The highest BCUT2D eigenvalue weighted by atomic mass is 19.2. The van der Waals surface area contributed by atoms with Gasteiger partial charge in [0, 0.05) is 11.0 Å². The van der Waals surface area contributed by atoms with E-state index < -0.39 is 51.6 Å². The first-order valence-corrected chi connectivity index (χ1v) is 12.2. The first-order chi connectivity index (χ1) is 16.4. The molecule has 1 heterocycles. The fourth-order valence-electron chi connectivity index (χ4n) is 5.06. The van der Waals surface area contributed by atoms with E-state index in [9.17, 15) is 0 Å². The maximum Gasteiger partial charge on any atom is 0.167 e. The summed E-state index contributed by atoms with van der Waals surface area (Å²) in [4.78, 5) is 0. The van der Waals surface area contributed by atoms with Gasteiger partial charge in [-0.05, 0) is 28.2 Å². The molecule has 1 aliphatic rings. The van der Waals surface area contributed by atoms with Gasteiger partial charge in [0.2, 0.25) is 0 Å². The van der Waals surface area contributed by atoms with Crippen LogP contribution in [0.15, 0.2) is 30.8 Å². The predicted octanol–water partition coefficient (Wildman–Crippen LogP) is 6.83. The number of rotatable bonds is 11. The molecule has 1 saturated heterocycles. The van der Waals surface area contributed by atoms with E-state index in [1.165, 1.54) is 0 Å². The van der Waals surface area contributed by atoms with Crippen molar-refractivity contribution in [2.75, 3.05) is 19.8 Å². The highest BCUT2D eigenvalue weighted by molar-refractivity contribution is 6.44. The standard InChI is InChI=1S/C28H35BF4O2/c1-7-18-10-12-19(13-11-18)27(6,8-2)29-26(4,5)21-24(32)22(30)20(23(31)25(21)33)14-34-15-28(9-3)16-35-17-28/h7,10-13,29H,1,8-9,14-17H2,2-6H3. The van der Waals surface area contributed by atoms with Crippen molar-refractivity contribution in [1.82, 2.24) is 0 Å². The average molecular weight is 490 g/mol. The molecule has 3 rings (SSSR count). The number of ether oxygens (including phenoxy) is 2. The molecule has 2 nitrogen and oxygen atoms in total. The lowest BCUT2D eigenvalue weighted by Gasteiger charge is -2.40. The van der Waals surface area contributed by atoms with Gasteiger partial charge in [-0.25, -0.2) is 17.6 Å². The van der Waals surface area contributed by atoms with Crippen molar-refractivity contribution in [1.29, 1.82) is 0 Å². The molecule has 0 aromatic heterocycles. The molecular formula is C28H35BF4O2. The lowest BCUT2D eigenvalue weighted by atomic mass is 9.36. The molecule has 190 valence electrons. The van der Waals surface area contributed by atoms with Crippen LogP contribution in [0.5, 0.6) is 0 Å². The van der Waals surface area contributed by atoms with Crippen molar-refractivity contribution in [2.45, 2.75) is 64.7 Å². The highest BCUT2D eigenvalue weighted by Gasteiger charge is 2.41. The monoisotopic (exact) mass is 490 g/mol. The van der Waals surface area contributed by atoms with Crippen molar-refractivity contribution in [2.24, 2.45) is 5.41 Å². The van der Waals surface area contributed by atoms with E-state index in [4.69, 9.17) is 9.47 Å². The van der Waals surface area contributed by atoms with Crippen molar-refractivity contribution in [3.05, 3.63) is 76.4 Å². The van der Waals surface area contributed by atoms with Gasteiger partial charge >= 0.3 is 0 Å². The minimum absolute atomic E-state index is 0.207. The SMILES string of the molecule is C=Cc1ccc(C(C)(BC(C)(C)c2c(F)c(F)c(COCC3(CC)COC3)c(F)c2F)CC)cc1. The summed E-state index contributed by atoms with van der Waals surface area (Å²) >= 11 is 0. The van der Waals surface area contributed by atoms with Crippen LogP contribution in [0.25, 0.3) is 6.08 Å². The van der Waals surface area contributed by atoms with E-state index in [0.29, 0.717) is 19.6 Å². The first kappa shape index (κ1) is 27.5. The summed E-state index contributed by atoms with van der Waals surface area (Å²) in [6.07, 6.45) is 3.19. The van der Waals surface area contributed by atoms with Crippen LogP contribution in [-0.2, 0) is 26.7 Å². The van der Waals surface area contributed by atoms with Crippen molar-refractivity contribution < 1.29 is 27.0 Å². The number of hydrogen-bond donors (Lipinski definition) is 0. The molecule has 0 N–H and O–H groups in total. The van der Waals surface area contributed by atoms with Crippen LogP contribution in [-0.4, -0.2) is 27.1 Å². The first-order valence-electron chi connectivity index (χ1n) is 12.2. The van der Waals surface area contributed by atoms with Crippen LogP contribution < -0.4 is 0 Å². The molecule has 1 atom stereocenters. The van der Waals surface area contributed by atoms with E-state index in [-0.39, 0.29) is 19.3 Å². The second-order valence-corrected chi connectivity index (χ2v) is 10.7. The summed E-state index contributed by atoms with van der Waals surface area (Å²) in [5.41, 5.74) is 0.441. The summed E-state index contributed by atoms with van der Waals surface area (Å²) in [6, 6.07) is 7.77. The van der Waals surface area contributed by atoms with Crippen LogP contribution in [0.1, 0.15) is 69.7 Å². The molecule has 1 aliphatic heterocycles. The summed E-state index contributed by atoms with van der Waals surface area (Å²) in [7, 11) is 0.283. The predicted molar refractivity (Wildman–Crippen MR) is 134 cm³/mol. The maximum absolute atomic E-state index is 15.3. The molecule has 0 bridgehead atoms. The minimum Gasteiger partial charge on any atom is -0.380 e. The van der Waals surface area contributed by atoms with Crippen molar-refractivity contribution >= 4 is 13.4 Å². The molecular weight excluding hydrogens is 455 g/mol. The maximum atomic E-state index is 15.3. The van der Waals surface area contributed by atoms with Crippen LogP contribution in [0.3, 0.4) is 0 Å². The van der Waals surface area contributed by atoms with Gasteiger partial charge in [-0.2, -0.15) is 0 Å². The third kappa shape index (κ3) is 5.36. The Bertz CT molecular complexity index is 1030. The van der Waals surface area contributed by atoms with Crippen molar-refractivity contribution in [3.63, 3.8) is 0 Å². The van der Waals surface area contributed by atoms with Gasteiger partial charge in [0.1, 0.15) is 7.28 Å². The zero-order valence-corrected chi connectivity index (χ0v) is 21.4. The van der Waals surface area contributed by atoms with Gasteiger partial charge in [0.05, 0.1) is 32.0 Å². The van der Waals surface area contributed by atoms with Crippen molar-refractivity contribution in [3.8, 4) is 0 Å². The third-order valence-corrected chi connectivity index (χ3v) is 7.71. The summed E-state index contributed by atoms with van der Waals surface area (Å²) in [5, 5.41) is -1.66. The van der Waals surface area contributed by atoms with E-state index in [0.717, 1.165) is 17.5 Å². The molecule has 0 spiro atoms. The molecule has 0 aliphatic carbocycles. The lowest BCUT2D eigenvalue weighted by molar-refractivity contribution is -0.152. The van der Waals surface area contributed by atoms with Gasteiger partial charge < -0.3 is 9.47 Å². The van der Waals surface area contributed by atoms with Crippen LogP contribution in [0, 0.1) is 28.7 Å². The fourth-order valence-corrected chi connectivity index (χ4v) is 5.06. The summed E-state index contributed by atoms with van der Waals surface area (Å²) < 4.78 is 71.4. The van der Waals surface area contributed by atoms with Gasteiger partial charge in [-0.3, -0.25) is 0 Å². The van der Waals surface area contributed by atoms with Gasteiger partial charge in [0.15, 0.2) is 23.3 Å². The Balaban J connectivity index is 1.90. The Hall–Kier alpha value is -2.12. The summed E-state index contributed by atoms with van der Waals surface area (Å²) in [6.45, 7) is 13.6. The topological polar surface area (TPSA) is 18.5 Å². The zero-order valence-electron chi connectivity index (χ0n) is 21.4. The van der Waals surface area contributed by atoms with E-state index in [2.05, 4.69) is 6.58 Å². The largest absolute Gasteiger partial charge is 0.380 e. The Morgan fingerprint density at radius 3 is 2.00 bits per heavy atom. The molecule has 2 aromatic rings. The molecule has 0 amide bonds. The molecule has 35 heavy (non-hydrogen) atoms. The lowest BCUT2D eigenvalue weighted by Crippen LogP contribution is -2.45. The quantitative estimate of drug-likeness (QED) is 0.195. The van der Waals surface area contributed by atoms with E-state index in [1.807, 2.05) is 45.0 Å². The van der Waals surface area contributed by atoms with Gasteiger partial charge in [-0.15, -0.1) is 0 Å². The smallest absolute Gasteiger partial charge is 0.167 e. The minimum atomic E-state index is -1.39. The molecule has 2 aromatic carbocycles. The molecule has 7 heteroatoms. The normalized spacial score (nSPS) is 16.9. The second kappa shape index (κ2) is 10.5. The molecule has 0 radical (unpaired) electrons. The molecule has 0 saturated carbocycles. The van der Waals surface area contributed by atoms with E-state index >= 15 is 17.6 Å². The number of benzene rings is 2. The fraction of sp³-hybridized carbons (Fsp3) is 0.500. The van der Waals surface area contributed by atoms with Gasteiger partial charge in [-0.1, -0.05) is 78.0 Å². The third-order valence-electron chi connectivity index (χ3n) is 7.71. The number of halogens is 4. The van der Waals surface area contributed by atoms with Crippen LogP contribution >= 0.6 is 0 Å². The highest BCUT2D eigenvalue weighted by Crippen LogP contribution is 2.39. The van der Waals surface area contributed by atoms with Crippen LogP contribution in [0.2, 0.25) is 0 Å². The Morgan fingerprint density at radius 2 is 1.57 bits per heavy atom. The Labute approximate surface area is 207 Å². The Kier molecular flexibility index (Phi) is 8.22. The zero-order chi connectivity index (χ0) is 26.0. The number of hydrogen-bond acceptors (Lipinski definition) is 2. The average Bonchev–Trinajstić information content (AvgIpc) is 2.81.